The van der Waals surface area contributed by atoms with Crippen molar-refractivity contribution in [2.75, 3.05) is 6.61 Å². The van der Waals surface area contributed by atoms with Crippen molar-refractivity contribution >= 4 is 17.2 Å². The van der Waals surface area contributed by atoms with Gasteiger partial charge in [-0.25, -0.2) is 0 Å². The normalized spacial score (nSPS) is 10.7. The first-order valence-corrected chi connectivity index (χ1v) is 9.48. The summed E-state index contributed by atoms with van der Waals surface area (Å²) in [5, 5.41) is 4.92. The van der Waals surface area contributed by atoms with Crippen molar-refractivity contribution in [3.05, 3.63) is 71.2 Å². The van der Waals surface area contributed by atoms with E-state index in [1.54, 1.807) is 17.5 Å². The van der Waals surface area contributed by atoms with Gasteiger partial charge >= 0.3 is 0 Å². The zero-order chi connectivity index (χ0) is 18.4. The molecule has 1 N–H and O–H groups in total. The molecular weight excluding hydrogens is 344 g/mol. The van der Waals surface area contributed by atoms with Gasteiger partial charge in [0.05, 0.1) is 10.6 Å². The summed E-state index contributed by atoms with van der Waals surface area (Å²) in [6.07, 6.45) is 1.77. The molecule has 0 unspecified atom stereocenters. The summed E-state index contributed by atoms with van der Waals surface area (Å²) >= 11 is 1.64. The minimum absolute atomic E-state index is 0.00434. The number of benzene rings is 1. The van der Waals surface area contributed by atoms with Crippen LogP contribution in [0.4, 0.5) is 0 Å². The van der Waals surface area contributed by atoms with Crippen molar-refractivity contribution in [2.45, 2.75) is 26.3 Å². The number of carbonyl (C=O) groups excluding carboxylic acids is 1. The van der Waals surface area contributed by atoms with Gasteiger partial charge in [0.25, 0.3) is 5.91 Å². The minimum Gasteiger partial charge on any atom is -0.484 e. The average Bonchev–Trinajstić information content (AvgIpc) is 3.20. The summed E-state index contributed by atoms with van der Waals surface area (Å²) in [5.74, 6) is 1.02. The monoisotopic (exact) mass is 366 g/mol. The fraction of sp³-hybridized carbons (Fsp3) is 0.238. The summed E-state index contributed by atoms with van der Waals surface area (Å²) < 4.78 is 5.57. The molecule has 1 amide bonds. The number of pyridine rings is 1. The number of hydrogen-bond acceptors (Lipinski definition) is 4. The van der Waals surface area contributed by atoms with E-state index in [0.717, 1.165) is 16.1 Å². The second-order valence-electron chi connectivity index (χ2n) is 6.28. The third kappa shape index (κ3) is 4.70. The van der Waals surface area contributed by atoms with Gasteiger partial charge in [-0.15, -0.1) is 11.3 Å². The van der Waals surface area contributed by atoms with Crippen LogP contribution in [0.15, 0.2) is 60.1 Å². The van der Waals surface area contributed by atoms with Crippen LogP contribution in [-0.4, -0.2) is 17.5 Å². The molecule has 3 rings (SSSR count). The Morgan fingerprint density at radius 1 is 1.15 bits per heavy atom. The van der Waals surface area contributed by atoms with Crippen molar-refractivity contribution in [2.24, 2.45) is 0 Å². The van der Waals surface area contributed by atoms with Crippen LogP contribution in [0, 0.1) is 0 Å². The van der Waals surface area contributed by atoms with E-state index in [2.05, 4.69) is 24.1 Å². The Morgan fingerprint density at radius 2 is 1.96 bits per heavy atom. The first-order chi connectivity index (χ1) is 12.6. The highest BCUT2D eigenvalue weighted by Crippen LogP contribution is 2.25. The Kier molecular flexibility index (Phi) is 6.02. The highest BCUT2D eigenvalue weighted by atomic mass is 32.1. The lowest BCUT2D eigenvalue weighted by Gasteiger charge is -2.11. The van der Waals surface area contributed by atoms with Crippen LogP contribution < -0.4 is 10.1 Å². The summed E-state index contributed by atoms with van der Waals surface area (Å²) in [5.41, 5.74) is 3.15. The SMILES string of the molecule is CC(C)c1ccc(OCC(=O)NCc2cccnc2-c2cccs2)cc1. The van der Waals surface area contributed by atoms with Crippen molar-refractivity contribution in [3.63, 3.8) is 0 Å². The molecule has 134 valence electrons. The molecule has 4 nitrogen and oxygen atoms in total. The van der Waals surface area contributed by atoms with Crippen molar-refractivity contribution in [3.8, 4) is 16.3 Å². The zero-order valence-corrected chi connectivity index (χ0v) is 15.8. The number of aromatic nitrogens is 1. The smallest absolute Gasteiger partial charge is 0.258 e. The van der Waals surface area contributed by atoms with Crippen LogP contribution in [0.1, 0.15) is 30.9 Å². The largest absolute Gasteiger partial charge is 0.484 e. The van der Waals surface area contributed by atoms with Gasteiger partial charge in [0, 0.05) is 12.7 Å². The van der Waals surface area contributed by atoms with Crippen LogP contribution in [-0.2, 0) is 11.3 Å². The highest BCUT2D eigenvalue weighted by molar-refractivity contribution is 7.13. The van der Waals surface area contributed by atoms with Crippen LogP contribution in [0.2, 0.25) is 0 Å². The van der Waals surface area contributed by atoms with E-state index >= 15 is 0 Å². The molecule has 0 aliphatic heterocycles. The molecule has 0 aliphatic carbocycles. The number of carbonyl (C=O) groups is 1. The third-order valence-electron chi connectivity index (χ3n) is 4.04. The van der Waals surface area contributed by atoms with Gasteiger partial charge in [-0.1, -0.05) is 38.1 Å². The summed E-state index contributed by atoms with van der Waals surface area (Å²) in [7, 11) is 0. The minimum atomic E-state index is -0.154. The molecule has 0 atom stereocenters. The standard InChI is InChI=1S/C21H22N2O2S/c1-15(2)16-7-9-18(10-8-16)25-14-20(24)23-13-17-5-3-11-22-21(17)19-6-4-12-26-19/h3-12,15H,13-14H2,1-2H3,(H,23,24). The molecule has 1 aromatic carbocycles. The van der Waals surface area contributed by atoms with Gasteiger partial charge in [0.2, 0.25) is 0 Å². The molecule has 26 heavy (non-hydrogen) atoms. The molecule has 0 radical (unpaired) electrons. The molecule has 0 saturated carbocycles. The van der Waals surface area contributed by atoms with E-state index < -0.39 is 0 Å². The second-order valence-corrected chi connectivity index (χ2v) is 7.23. The lowest BCUT2D eigenvalue weighted by atomic mass is 10.0. The van der Waals surface area contributed by atoms with E-state index in [9.17, 15) is 4.79 Å². The Hall–Kier alpha value is -2.66. The Morgan fingerprint density at radius 3 is 2.65 bits per heavy atom. The van der Waals surface area contributed by atoms with E-state index in [1.807, 2.05) is 53.9 Å². The molecule has 0 aliphatic rings. The van der Waals surface area contributed by atoms with Crippen molar-refractivity contribution in [1.82, 2.24) is 10.3 Å². The first kappa shape index (κ1) is 18.1. The fourth-order valence-corrected chi connectivity index (χ4v) is 3.32. The van der Waals surface area contributed by atoms with Gasteiger partial charge in [-0.05, 0) is 46.7 Å². The second kappa shape index (κ2) is 8.63. The summed E-state index contributed by atoms with van der Waals surface area (Å²) in [6.45, 7) is 4.71. The maximum absolute atomic E-state index is 12.1. The van der Waals surface area contributed by atoms with Gasteiger partial charge < -0.3 is 10.1 Å². The predicted molar refractivity (Wildman–Crippen MR) is 105 cm³/mol. The van der Waals surface area contributed by atoms with Crippen LogP contribution in [0.5, 0.6) is 5.75 Å². The molecule has 2 heterocycles. The molecule has 3 aromatic rings. The maximum atomic E-state index is 12.1. The van der Waals surface area contributed by atoms with Crippen LogP contribution in [0.25, 0.3) is 10.6 Å². The zero-order valence-electron chi connectivity index (χ0n) is 14.9. The summed E-state index contributed by atoms with van der Waals surface area (Å²) in [6, 6.07) is 15.7. The summed E-state index contributed by atoms with van der Waals surface area (Å²) in [4.78, 5) is 17.6. The highest BCUT2D eigenvalue weighted by Gasteiger charge is 2.09. The van der Waals surface area contributed by atoms with Gasteiger partial charge in [0.15, 0.2) is 6.61 Å². The van der Waals surface area contributed by atoms with Crippen LogP contribution in [0.3, 0.4) is 0 Å². The molecule has 0 fully saturated rings. The van der Waals surface area contributed by atoms with Gasteiger partial charge in [-0.3, -0.25) is 9.78 Å². The topological polar surface area (TPSA) is 51.2 Å². The van der Waals surface area contributed by atoms with E-state index in [1.165, 1.54) is 5.56 Å². The number of ether oxygens (including phenoxy) is 1. The molecular formula is C21H22N2O2S. The van der Waals surface area contributed by atoms with Crippen molar-refractivity contribution < 1.29 is 9.53 Å². The quantitative estimate of drug-likeness (QED) is 0.663. The first-order valence-electron chi connectivity index (χ1n) is 8.60. The van der Waals surface area contributed by atoms with E-state index in [-0.39, 0.29) is 12.5 Å². The Bertz CT molecular complexity index is 843. The molecule has 2 aromatic heterocycles. The number of nitrogens with one attached hydrogen (secondary N) is 1. The van der Waals surface area contributed by atoms with Crippen molar-refractivity contribution in [1.29, 1.82) is 0 Å². The predicted octanol–water partition coefficient (Wildman–Crippen LogP) is 4.63. The lowest BCUT2D eigenvalue weighted by Crippen LogP contribution is -2.28. The van der Waals surface area contributed by atoms with E-state index in [4.69, 9.17) is 4.74 Å². The van der Waals surface area contributed by atoms with Gasteiger partial charge in [0.1, 0.15) is 5.75 Å². The Balaban J connectivity index is 1.53. The fourth-order valence-electron chi connectivity index (χ4n) is 2.56. The Labute approximate surface area is 157 Å². The maximum Gasteiger partial charge on any atom is 0.258 e. The molecule has 0 spiro atoms. The van der Waals surface area contributed by atoms with E-state index in [0.29, 0.717) is 18.2 Å². The molecule has 0 saturated heterocycles. The number of amides is 1. The molecule has 5 heteroatoms. The average molecular weight is 366 g/mol. The number of rotatable bonds is 7. The van der Waals surface area contributed by atoms with Crippen LogP contribution >= 0.6 is 11.3 Å². The molecule has 0 bridgehead atoms. The lowest BCUT2D eigenvalue weighted by molar-refractivity contribution is -0.123. The third-order valence-corrected chi connectivity index (χ3v) is 4.92. The number of hydrogen-bond donors (Lipinski definition) is 1. The number of thiophene rings is 1. The number of nitrogens with zero attached hydrogens (tertiary/aromatic N) is 1. The van der Waals surface area contributed by atoms with Gasteiger partial charge in [-0.2, -0.15) is 0 Å².